The summed E-state index contributed by atoms with van der Waals surface area (Å²) in [6.45, 7) is 7.47. The van der Waals surface area contributed by atoms with Gasteiger partial charge in [-0.05, 0) is 43.2 Å². The molecule has 3 aromatic rings. The molecule has 1 aromatic carbocycles. The van der Waals surface area contributed by atoms with Crippen LogP contribution in [0.4, 0.5) is 16.6 Å². The fourth-order valence-corrected chi connectivity index (χ4v) is 4.23. The van der Waals surface area contributed by atoms with Crippen molar-refractivity contribution < 1.29 is 4.79 Å². The van der Waals surface area contributed by atoms with Crippen LogP contribution in [0, 0.1) is 13.8 Å². The van der Waals surface area contributed by atoms with Crippen LogP contribution in [0.25, 0.3) is 0 Å². The highest BCUT2D eigenvalue weighted by Gasteiger charge is 2.23. The predicted molar refractivity (Wildman–Crippen MR) is 118 cm³/mol. The molecule has 0 unspecified atom stereocenters. The minimum atomic E-state index is 0.139. The zero-order chi connectivity index (χ0) is 20.2. The lowest BCUT2D eigenvalue weighted by Crippen LogP contribution is -2.49. The molecule has 0 saturated carbocycles. The van der Waals surface area contributed by atoms with Gasteiger partial charge in [-0.15, -0.1) is 11.3 Å². The van der Waals surface area contributed by atoms with Crippen molar-refractivity contribution in [1.29, 1.82) is 0 Å². The Bertz CT molecular complexity index is 980. The summed E-state index contributed by atoms with van der Waals surface area (Å²) < 4.78 is 0. The average Bonchev–Trinajstić information content (AvgIpc) is 3.17. The highest BCUT2D eigenvalue weighted by molar-refractivity contribution is 7.13. The molecular formula is C22H25N5OS. The van der Waals surface area contributed by atoms with Gasteiger partial charge < -0.3 is 15.1 Å². The number of thiazole rings is 1. The van der Waals surface area contributed by atoms with Gasteiger partial charge in [-0.2, -0.15) is 0 Å². The molecule has 1 saturated heterocycles. The normalized spacial score (nSPS) is 14.1. The Morgan fingerprint density at radius 2 is 1.97 bits per heavy atom. The van der Waals surface area contributed by atoms with Crippen LogP contribution in [-0.4, -0.2) is 47.0 Å². The second-order valence-electron chi connectivity index (χ2n) is 7.32. The van der Waals surface area contributed by atoms with E-state index >= 15 is 0 Å². The molecule has 150 valence electrons. The topological polar surface area (TPSA) is 61.4 Å². The second kappa shape index (κ2) is 8.61. The first-order valence-electron chi connectivity index (χ1n) is 9.81. The Morgan fingerprint density at radius 1 is 1.14 bits per heavy atom. The number of aryl methyl sites for hydroxylation is 2. The Hall–Kier alpha value is -2.93. The zero-order valence-electron chi connectivity index (χ0n) is 16.8. The van der Waals surface area contributed by atoms with Crippen LogP contribution in [0.1, 0.15) is 16.8 Å². The van der Waals surface area contributed by atoms with Crippen molar-refractivity contribution in [3.8, 4) is 0 Å². The van der Waals surface area contributed by atoms with Gasteiger partial charge in [0, 0.05) is 43.4 Å². The molecule has 6 nitrogen and oxygen atoms in total. The van der Waals surface area contributed by atoms with E-state index in [0.29, 0.717) is 6.42 Å². The van der Waals surface area contributed by atoms with Gasteiger partial charge >= 0.3 is 0 Å². The molecule has 4 rings (SSSR count). The number of rotatable bonds is 5. The van der Waals surface area contributed by atoms with E-state index in [1.807, 2.05) is 28.5 Å². The summed E-state index contributed by atoms with van der Waals surface area (Å²) in [6.07, 6.45) is 2.07. The van der Waals surface area contributed by atoms with E-state index in [2.05, 4.69) is 52.2 Å². The number of piperazine rings is 1. The van der Waals surface area contributed by atoms with Crippen LogP contribution in [0.2, 0.25) is 0 Å². The fourth-order valence-electron chi connectivity index (χ4n) is 3.52. The maximum atomic E-state index is 12.7. The van der Waals surface area contributed by atoms with Crippen molar-refractivity contribution in [3.05, 3.63) is 64.8 Å². The van der Waals surface area contributed by atoms with E-state index in [9.17, 15) is 4.79 Å². The number of hydrogen-bond donors (Lipinski definition) is 1. The molecule has 1 fully saturated rings. The Labute approximate surface area is 175 Å². The van der Waals surface area contributed by atoms with E-state index < -0.39 is 0 Å². The minimum absolute atomic E-state index is 0.139. The number of pyridine rings is 1. The maximum absolute atomic E-state index is 12.7. The first-order chi connectivity index (χ1) is 14.1. The number of nitrogens with zero attached hydrogens (tertiary/aromatic N) is 4. The van der Waals surface area contributed by atoms with Crippen molar-refractivity contribution in [2.75, 3.05) is 36.4 Å². The van der Waals surface area contributed by atoms with Gasteiger partial charge in [-0.3, -0.25) is 4.79 Å². The molecule has 29 heavy (non-hydrogen) atoms. The highest BCUT2D eigenvalue weighted by Crippen LogP contribution is 2.24. The van der Waals surface area contributed by atoms with E-state index in [0.717, 1.165) is 42.8 Å². The third kappa shape index (κ3) is 4.74. The monoisotopic (exact) mass is 407 g/mol. The van der Waals surface area contributed by atoms with Gasteiger partial charge in [0.1, 0.15) is 5.82 Å². The first kappa shape index (κ1) is 19.4. The lowest BCUT2D eigenvalue weighted by molar-refractivity contribution is -0.130. The highest BCUT2D eigenvalue weighted by atomic mass is 32.1. The second-order valence-corrected chi connectivity index (χ2v) is 8.18. The molecule has 1 amide bonds. The number of hydrogen-bond acceptors (Lipinski definition) is 6. The molecule has 0 radical (unpaired) electrons. The zero-order valence-corrected chi connectivity index (χ0v) is 17.6. The Kier molecular flexibility index (Phi) is 5.76. The lowest BCUT2D eigenvalue weighted by atomic mass is 10.1. The molecule has 1 N–H and O–H groups in total. The van der Waals surface area contributed by atoms with Gasteiger partial charge in [0.25, 0.3) is 0 Å². The quantitative estimate of drug-likeness (QED) is 0.697. The number of aromatic nitrogens is 2. The van der Waals surface area contributed by atoms with E-state index in [4.69, 9.17) is 0 Å². The van der Waals surface area contributed by atoms with Crippen LogP contribution >= 0.6 is 11.3 Å². The third-order valence-corrected chi connectivity index (χ3v) is 5.93. The standard InChI is InChI=1S/C22H25N5OS/c1-16-6-7-17(2)19(13-16)26-9-11-27(12-10-26)21(28)14-18-15-29-22(24-18)25-20-5-3-4-8-23-20/h3-8,13,15H,9-12,14H2,1-2H3,(H,23,24,25). The smallest absolute Gasteiger partial charge is 0.228 e. The number of nitrogens with one attached hydrogen (secondary N) is 1. The average molecular weight is 408 g/mol. The molecule has 2 aromatic heterocycles. The van der Waals surface area contributed by atoms with Crippen molar-refractivity contribution in [3.63, 3.8) is 0 Å². The van der Waals surface area contributed by atoms with Crippen LogP contribution in [0.15, 0.2) is 48.0 Å². The lowest BCUT2D eigenvalue weighted by Gasteiger charge is -2.37. The summed E-state index contributed by atoms with van der Waals surface area (Å²) in [5, 5.41) is 5.87. The number of amides is 1. The maximum Gasteiger partial charge on any atom is 0.228 e. The largest absolute Gasteiger partial charge is 0.368 e. The van der Waals surface area contributed by atoms with Crippen LogP contribution in [0.5, 0.6) is 0 Å². The third-order valence-electron chi connectivity index (χ3n) is 5.12. The number of anilines is 3. The van der Waals surface area contributed by atoms with E-state index in [-0.39, 0.29) is 5.91 Å². The minimum Gasteiger partial charge on any atom is -0.368 e. The number of benzene rings is 1. The van der Waals surface area contributed by atoms with Crippen LogP contribution in [-0.2, 0) is 11.2 Å². The van der Waals surface area contributed by atoms with Gasteiger partial charge in [-0.1, -0.05) is 18.2 Å². The SMILES string of the molecule is Cc1ccc(C)c(N2CCN(C(=O)Cc3csc(Nc4ccccn4)n3)CC2)c1. The molecular weight excluding hydrogens is 382 g/mol. The van der Waals surface area contributed by atoms with Gasteiger partial charge in [0.05, 0.1) is 12.1 Å². The summed E-state index contributed by atoms with van der Waals surface area (Å²) in [5.41, 5.74) is 4.63. The molecule has 0 atom stereocenters. The van der Waals surface area contributed by atoms with Crippen LogP contribution < -0.4 is 10.2 Å². The van der Waals surface area contributed by atoms with Crippen LogP contribution in [0.3, 0.4) is 0 Å². The molecule has 0 spiro atoms. The van der Waals surface area contributed by atoms with Gasteiger partial charge in [-0.25, -0.2) is 9.97 Å². The summed E-state index contributed by atoms with van der Waals surface area (Å²) in [7, 11) is 0. The molecule has 1 aliphatic heterocycles. The molecule has 0 aliphatic carbocycles. The molecule has 3 heterocycles. The summed E-state index contributed by atoms with van der Waals surface area (Å²) in [4.78, 5) is 25.8. The van der Waals surface area contributed by atoms with E-state index in [1.165, 1.54) is 28.2 Å². The molecule has 7 heteroatoms. The number of carbonyl (C=O) groups excluding carboxylic acids is 1. The Morgan fingerprint density at radius 3 is 2.72 bits per heavy atom. The molecule has 0 bridgehead atoms. The van der Waals surface area contributed by atoms with Crippen molar-refractivity contribution >= 4 is 33.9 Å². The summed E-state index contributed by atoms with van der Waals surface area (Å²) >= 11 is 1.49. The molecule has 1 aliphatic rings. The Balaban J connectivity index is 1.32. The fraction of sp³-hybridized carbons (Fsp3) is 0.318. The van der Waals surface area contributed by atoms with Gasteiger partial charge in [0.2, 0.25) is 5.91 Å². The first-order valence-corrected chi connectivity index (χ1v) is 10.7. The predicted octanol–water partition coefficient (Wildman–Crippen LogP) is 3.79. The number of carbonyl (C=O) groups is 1. The van der Waals surface area contributed by atoms with Crippen molar-refractivity contribution in [2.45, 2.75) is 20.3 Å². The van der Waals surface area contributed by atoms with Crippen molar-refractivity contribution in [2.24, 2.45) is 0 Å². The summed E-state index contributed by atoms with van der Waals surface area (Å²) in [6, 6.07) is 12.2. The van der Waals surface area contributed by atoms with Gasteiger partial charge in [0.15, 0.2) is 5.13 Å². The van der Waals surface area contributed by atoms with Crippen molar-refractivity contribution in [1.82, 2.24) is 14.9 Å². The van der Waals surface area contributed by atoms with E-state index in [1.54, 1.807) is 6.20 Å². The summed E-state index contributed by atoms with van der Waals surface area (Å²) in [5.74, 6) is 0.891.